The van der Waals surface area contributed by atoms with Crippen LogP contribution < -0.4 is 10.1 Å². The second-order valence-electron chi connectivity index (χ2n) is 3.04. The van der Waals surface area contributed by atoms with E-state index in [1.54, 1.807) is 18.9 Å². The summed E-state index contributed by atoms with van der Waals surface area (Å²) in [5, 5.41) is 11.9. The third-order valence-corrected chi connectivity index (χ3v) is 4.29. The zero-order valence-electron chi connectivity index (χ0n) is 7.97. The van der Waals surface area contributed by atoms with Crippen molar-refractivity contribution in [1.29, 1.82) is 0 Å². The smallest absolute Gasteiger partial charge is 0.321 e. The lowest BCUT2D eigenvalue weighted by Crippen LogP contribution is -2.33. The van der Waals surface area contributed by atoms with Gasteiger partial charge in [0.2, 0.25) is 5.88 Å². The van der Waals surface area contributed by atoms with Crippen molar-refractivity contribution in [3.8, 4) is 5.88 Å². The molecule has 2 N–H and O–H groups in total. The summed E-state index contributed by atoms with van der Waals surface area (Å²) in [5.41, 5.74) is 0. The van der Waals surface area contributed by atoms with Crippen molar-refractivity contribution < 1.29 is 14.6 Å². The molecule has 2 unspecified atom stereocenters. The topological polar surface area (TPSA) is 71.5 Å². The van der Waals surface area contributed by atoms with Gasteiger partial charge >= 0.3 is 5.97 Å². The van der Waals surface area contributed by atoms with E-state index in [-0.39, 0.29) is 5.37 Å². The van der Waals surface area contributed by atoms with Crippen LogP contribution in [0.5, 0.6) is 5.88 Å². The van der Waals surface area contributed by atoms with Crippen molar-refractivity contribution in [3.05, 3.63) is 10.9 Å². The van der Waals surface area contributed by atoms with Gasteiger partial charge in [0.25, 0.3) is 0 Å². The lowest BCUT2D eigenvalue weighted by molar-refractivity contribution is -0.138. The van der Waals surface area contributed by atoms with Gasteiger partial charge < -0.3 is 9.84 Å². The Bertz CT molecular complexity index is 369. The van der Waals surface area contributed by atoms with Gasteiger partial charge in [-0.05, 0) is 11.5 Å². The van der Waals surface area contributed by atoms with E-state index in [2.05, 4.69) is 9.69 Å². The first-order valence-electron chi connectivity index (χ1n) is 4.32. The summed E-state index contributed by atoms with van der Waals surface area (Å²) < 4.78 is 9.04. The highest BCUT2D eigenvalue weighted by molar-refractivity contribution is 7.99. The molecule has 2 rings (SSSR count). The van der Waals surface area contributed by atoms with E-state index in [0.29, 0.717) is 11.6 Å². The summed E-state index contributed by atoms with van der Waals surface area (Å²) in [7, 11) is 1.56. The molecule has 0 bridgehead atoms. The van der Waals surface area contributed by atoms with E-state index < -0.39 is 12.0 Å². The zero-order valence-corrected chi connectivity index (χ0v) is 9.60. The number of thioether (sulfide) groups is 1. The van der Waals surface area contributed by atoms with Crippen molar-refractivity contribution >= 4 is 29.3 Å². The van der Waals surface area contributed by atoms with E-state index in [9.17, 15) is 4.79 Å². The Hall–Kier alpha value is -0.790. The zero-order chi connectivity index (χ0) is 10.8. The Labute approximate surface area is 95.0 Å². The second-order valence-corrected chi connectivity index (χ2v) is 5.02. The van der Waals surface area contributed by atoms with E-state index in [1.807, 2.05) is 6.07 Å². The lowest BCUT2D eigenvalue weighted by atomic mass is 10.3. The molecule has 82 valence electrons. The number of rotatable bonds is 3. The molecule has 1 aliphatic rings. The Kier molecular flexibility index (Phi) is 3.13. The number of carboxylic acid groups (broad SMARTS) is 1. The third kappa shape index (κ3) is 2.24. The highest BCUT2D eigenvalue weighted by Crippen LogP contribution is 2.36. The molecule has 2 heterocycles. The lowest BCUT2D eigenvalue weighted by Gasteiger charge is -2.06. The highest BCUT2D eigenvalue weighted by Gasteiger charge is 2.31. The van der Waals surface area contributed by atoms with E-state index >= 15 is 0 Å². The molecule has 15 heavy (non-hydrogen) atoms. The molecule has 0 saturated carbocycles. The van der Waals surface area contributed by atoms with Gasteiger partial charge in [-0.2, -0.15) is 4.37 Å². The Morgan fingerprint density at radius 1 is 1.80 bits per heavy atom. The van der Waals surface area contributed by atoms with Gasteiger partial charge in [-0.25, -0.2) is 0 Å². The van der Waals surface area contributed by atoms with Crippen molar-refractivity contribution in [2.24, 2.45) is 0 Å². The van der Waals surface area contributed by atoms with Crippen LogP contribution in [0, 0.1) is 0 Å². The second kappa shape index (κ2) is 4.38. The van der Waals surface area contributed by atoms with Gasteiger partial charge in [-0.1, -0.05) is 0 Å². The van der Waals surface area contributed by atoms with Crippen molar-refractivity contribution in [1.82, 2.24) is 9.69 Å². The molecule has 0 aliphatic carbocycles. The van der Waals surface area contributed by atoms with Gasteiger partial charge in [0, 0.05) is 11.8 Å². The molecule has 2 atom stereocenters. The van der Waals surface area contributed by atoms with Crippen LogP contribution in [0.4, 0.5) is 0 Å². The fourth-order valence-corrected chi connectivity index (χ4v) is 3.36. The first-order chi connectivity index (χ1) is 7.20. The number of aromatic nitrogens is 1. The van der Waals surface area contributed by atoms with Gasteiger partial charge in [-0.15, -0.1) is 11.8 Å². The van der Waals surface area contributed by atoms with Crippen molar-refractivity contribution in [2.75, 3.05) is 12.9 Å². The van der Waals surface area contributed by atoms with Crippen molar-refractivity contribution in [2.45, 2.75) is 11.4 Å². The molecule has 0 spiro atoms. The number of aliphatic carboxylic acids is 1. The molecule has 1 fully saturated rings. The van der Waals surface area contributed by atoms with Crippen LogP contribution in [0.2, 0.25) is 0 Å². The Morgan fingerprint density at radius 3 is 3.13 bits per heavy atom. The molecule has 1 aromatic heterocycles. The molecule has 7 heteroatoms. The molecule has 1 aromatic rings. The van der Waals surface area contributed by atoms with Crippen LogP contribution in [0.15, 0.2) is 6.07 Å². The first kappa shape index (κ1) is 10.7. The van der Waals surface area contributed by atoms with Crippen LogP contribution >= 0.6 is 23.3 Å². The summed E-state index contributed by atoms with van der Waals surface area (Å²) in [6.45, 7) is 0. The quantitative estimate of drug-likeness (QED) is 0.827. The van der Waals surface area contributed by atoms with Gasteiger partial charge in [0.1, 0.15) is 6.04 Å². The van der Waals surface area contributed by atoms with Gasteiger partial charge in [0.15, 0.2) is 0 Å². The van der Waals surface area contributed by atoms with E-state index in [0.717, 1.165) is 4.88 Å². The SMILES string of the molecule is COc1cc(C2NC(C(=O)O)CS2)sn1. The van der Waals surface area contributed by atoms with E-state index in [1.165, 1.54) is 11.5 Å². The predicted molar refractivity (Wildman–Crippen MR) is 58.4 cm³/mol. The average Bonchev–Trinajstić information content (AvgIpc) is 2.86. The van der Waals surface area contributed by atoms with Crippen LogP contribution in [-0.2, 0) is 4.79 Å². The molecule has 0 amide bonds. The number of nitrogens with one attached hydrogen (secondary N) is 1. The molecule has 5 nitrogen and oxygen atoms in total. The minimum Gasteiger partial charge on any atom is -0.480 e. The number of hydrogen-bond acceptors (Lipinski definition) is 6. The molecule has 1 aliphatic heterocycles. The fourth-order valence-electron chi connectivity index (χ4n) is 1.27. The normalized spacial score (nSPS) is 25.4. The van der Waals surface area contributed by atoms with Crippen LogP contribution in [0.1, 0.15) is 10.3 Å². The largest absolute Gasteiger partial charge is 0.480 e. The van der Waals surface area contributed by atoms with E-state index in [4.69, 9.17) is 9.84 Å². The summed E-state index contributed by atoms with van der Waals surface area (Å²) in [4.78, 5) is 11.7. The summed E-state index contributed by atoms with van der Waals surface area (Å²) in [6, 6.07) is 1.37. The Balaban J connectivity index is 2.04. The van der Waals surface area contributed by atoms with Crippen molar-refractivity contribution in [3.63, 3.8) is 0 Å². The Morgan fingerprint density at radius 2 is 2.60 bits per heavy atom. The highest BCUT2D eigenvalue weighted by atomic mass is 32.2. The molecular formula is C8H10N2O3S2. The number of nitrogens with zero attached hydrogens (tertiary/aromatic N) is 1. The molecule has 0 radical (unpaired) electrons. The van der Waals surface area contributed by atoms with Crippen LogP contribution in [0.3, 0.4) is 0 Å². The minimum absolute atomic E-state index is 0.0208. The average molecular weight is 246 g/mol. The number of methoxy groups -OCH3 is 1. The van der Waals surface area contributed by atoms with Gasteiger partial charge in [0.05, 0.1) is 17.4 Å². The van der Waals surface area contributed by atoms with Crippen LogP contribution in [-0.4, -0.2) is 34.4 Å². The molecule has 0 aromatic carbocycles. The number of ether oxygens (including phenoxy) is 1. The number of carbonyl (C=O) groups is 1. The number of hydrogen-bond donors (Lipinski definition) is 2. The monoisotopic (exact) mass is 246 g/mol. The number of carboxylic acids is 1. The third-order valence-electron chi connectivity index (χ3n) is 2.05. The summed E-state index contributed by atoms with van der Waals surface area (Å²) in [6.07, 6.45) is 0. The molecule has 1 saturated heterocycles. The maximum absolute atomic E-state index is 10.7. The molecular weight excluding hydrogens is 236 g/mol. The standard InChI is InChI=1S/C8H10N2O3S2/c1-13-6-2-5(15-10-6)7-9-4(3-14-7)8(11)12/h2,4,7,9H,3H2,1H3,(H,11,12). The van der Waals surface area contributed by atoms with Gasteiger partial charge in [-0.3, -0.25) is 10.1 Å². The maximum Gasteiger partial charge on any atom is 0.321 e. The first-order valence-corrected chi connectivity index (χ1v) is 6.14. The fraction of sp³-hybridized carbons (Fsp3) is 0.500. The van der Waals surface area contributed by atoms with Crippen LogP contribution in [0.25, 0.3) is 0 Å². The predicted octanol–water partition coefficient (Wildman–Crippen LogP) is 0.940. The maximum atomic E-state index is 10.7. The minimum atomic E-state index is -0.804. The summed E-state index contributed by atoms with van der Waals surface area (Å²) in [5.74, 6) is 0.359. The summed E-state index contributed by atoms with van der Waals surface area (Å²) >= 11 is 2.91.